The monoisotopic (exact) mass is 376 g/mol. The largest absolute Gasteiger partial charge is 0.378 e. The van der Waals surface area contributed by atoms with Gasteiger partial charge >= 0.3 is 0 Å². The second kappa shape index (κ2) is 8.67. The van der Waals surface area contributed by atoms with E-state index in [0.717, 1.165) is 55.0 Å². The van der Waals surface area contributed by atoms with Crippen LogP contribution in [0.25, 0.3) is 0 Å². The van der Waals surface area contributed by atoms with Gasteiger partial charge in [-0.1, -0.05) is 18.2 Å². The molecule has 3 heterocycles. The zero-order valence-electron chi connectivity index (χ0n) is 15.9. The Kier molecular flexibility index (Phi) is 5.63. The van der Waals surface area contributed by atoms with Gasteiger partial charge in [-0.3, -0.25) is 4.98 Å². The molecule has 0 atom stereocenters. The van der Waals surface area contributed by atoms with Gasteiger partial charge in [0, 0.05) is 25.4 Å². The molecule has 0 spiro atoms. The molecular formula is C21H24N6O. The van der Waals surface area contributed by atoms with Crippen LogP contribution in [0, 0.1) is 6.92 Å². The van der Waals surface area contributed by atoms with E-state index in [1.165, 1.54) is 0 Å². The summed E-state index contributed by atoms with van der Waals surface area (Å²) in [5.74, 6) is 2.23. The van der Waals surface area contributed by atoms with Crippen molar-refractivity contribution in [3.05, 3.63) is 66.2 Å². The van der Waals surface area contributed by atoms with Gasteiger partial charge in [0.25, 0.3) is 0 Å². The number of hydrogen-bond donors (Lipinski definition) is 2. The molecule has 2 aromatic heterocycles. The van der Waals surface area contributed by atoms with Gasteiger partial charge in [0.15, 0.2) is 0 Å². The van der Waals surface area contributed by atoms with E-state index < -0.39 is 0 Å². The van der Waals surface area contributed by atoms with Crippen LogP contribution >= 0.6 is 0 Å². The Morgan fingerprint density at radius 1 is 1.00 bits per heavy atom. The number of benzene rings is 1. The van der Waals surface area contributed by atoms with E-state index >= 15 is 0 Å². The third kappa shape index (κ3) is 4.55. The minimum atomic E-state index is 0.612. The van der Waals surface area contributed by atoms with Gasteiger partial charge in [0.1, 0.15) is 17.5 Å². The number of nitrogens with one attached hydrogen (secondary N) is 2. The van der Waals surface area contributed by atoms with E-state index in [2.05, 4.69) is 48.7 Å². The standard InChI is InChI=1S/C21H24N6O/c1-16-24-20(23-15-17-6-4-5-9-22-17)14-21(25-16)26-18-7-2-3-8-19(18)27-10-12-28-13-11-27/h2-9,14H,10-13,15H2,1H3,(H2,23,24,25,26). The molecule has 0 amide bonds. The first-order valence-corrected chi connectivity index (χ1v) is 9.46. The molecule has 0 aliphatic carbocycles. The average Bonchev–Trinajstić information content (AvgIpc) is 2.74. The number of aryl methyl sites for hydroxylation is 1. The van der Waals surface area contributed by atoms with Crippen LogP contribution in [0.3, 0.4) is 0 Å². The summed E-state index contributed by atoms with van der Waals surface area (Å²) in [5, 5.41) is 6.79. The first kappa shape index (κ1) is 18.2. The molecule has 1 fully saturated rings. The van der Waals surface area contributed by atoms with E-state index in [1.54, 1.807) is 6.20 Å². The predicted molar refractivity (Wildman–Crippen MR) is 111 cm³/mol. The number of rotatable bonds is 6. The fourth-order valence-electron chi connectivity index (χ4n) is 3.20. The van der Waals surface area contributed by atoms with E-state index in [4.69, 9.17) is 4.74 Å². The fraction of sp³-hybridized carbons (Fsp3) is 0.286. The first-order valence-electron chi connectivity index (χ1n) is 9.46. The van der Waals surface area contributed by atoms with Crippen molar-refractivity contribution in [3.63, 3.8) is 0 Å². The normalized spacial score (nSPS) is 14.0. The highest BCUT2D eigenvalue weighted by molar-refractivity contribution is 5.75. The summed E-state index contributed by atoms with van der Waals surface area (Å²) in [4.78, 5) is 15.7. The number of para-hydroxylation sites is 2. The molecule has 1 aliphatic heterocycles. The average molecular weight is 376 g/mol. The van der Waals surface area contributed by atoms with E-state index in [1.807, 2.05) is 37.3 Å². The van der Waals surface area contributed by atoms with E-state index in [0.29, 0.717) is 12.4 Å². The molecule has 1 saturated heterocycles. The highest BCUT2D eigenvalue weighted by Crippen LogP contribution is 2.29. The molecule has 0 unspecified atom stereocenters. The molecule has 7 heteroatoms. The molecular weight excluding hydrogens is 352 g/mol. The van der Waals surface area contributed by atoms with Crippen molar-refractivity contribution in [2.24, 2.45) is 0 Å². The number of hydrogen-bond acceptors (Lipinski definition) is 7. The number of morpholine rings is 1. The smallest absolute Gasteiger partial charge is 0.136 e. The van der Waals surface area contributed by atoms with E-state index in [9.17, 15) is 0 Å². The third-order valence-electron chi connectivity index (χ3n) is 4.53. The molecule has 2 N–H and O–H groups in total. The number of pyridine rings is 1. The second-order valence-electron chi connectivity index (χ2n) is 6.60. The lowest BCUT2D eigenvalue weighted by molar-refractivity contribution is 0.123. The minimum Gasteiger partial charge on any atom is -0.378 e. The van der Waals surface area contributed by atoms with Crippen LogP contribution in [0.1, 0.15) is 11.5 Å². The molecule has 0 saturated carbocycles. The Morgan fingerprint density at radius 3 is 2.61 bits per heavy atom. The number of anilines is 4. The van der Waals surface area contributed by atoms with Gasteiger partial charge in [-0.15, -0.1) is 0 Å². The lowest BCUT2D eigenvalue weighted by Gasteiger charge is -2.30. The van der Waals surface area contributed by atoms with Gasteiger partial charge in [0.2, 0.25) is 0 Å². The Hall–Kier alpha value is -3.19. The van der Waals surface area contributed by atoms with Crippen LogP contribution in [0.2, 0.25) is 0 Å². The molecule has 0 radical (unpaired) electrons. The summed E-state index contributed by atoms with van der Waals surface area (Å²) < 4.78 is 5.48. The Morgan fingerprint density at radius 2 is 1.79 bits per heavy atom. The van der Waals surface area contributed by atoms with Crippen molar-refractivity contribution in [1.29, 1.82) is 0 Å². The van der Waals surface area contributed by atoms with Crippen LogP contribution < -0.4 is 15.5 Å². The summed E-state index contributed by atoms with van der Waals surface area (Å²) in [6, 6.07) is 16.1. The van der Waals surface area contributed by atoms with Crippen molar-refractivity contribution >= 4 is 23.0 Å². The highest BCUT2D eigenvalue weighted by atomic mass is 16.5. The molecule has 0 bridgehead atoms. The molecule has 3 aromatic rings. The van der Waals surface area contributed by atoms with Crippen LogP contribution in [-0.2, 0) is 11.3 Å². The van der Waals surface area contributed by atoms with Gasteiger partial charge < -0.3 is 20.3 Å². The highest BCUT2D eigenvalue weighted by Gasteiger charge is 2.15. The zero-order valence-corrected chi connectivity index (χ0v) is 15.9. The van der Waals surface area contributed by atoms with Gasteiger partial charge in [0.05, 0.1) is 36.8 Å². The van der Waals surface area contributed by atoms with Crippen LogP contribution in [0.15, 0.2) is 54.7 Å². The molecule has 7 nitrogen and oxygen atoms in total. The summed E-state index contributed by atoms with van der Waals surface area (Å²) in [5.41, 5.74) is 3.15. The lowest BCUT2D eigenvalue weighted by Crippen LogP contribution is -2.36. The van der Waals surface area contributed by atoms with Crippen molar-refractivity contribution in [3.8, 4) is 0 Å². The summed E-state index contributed by atoms with van der Waals surface area (Å²) in [7, 11) is 0. The van der Waals surface area contributed by atoms with Crippen LogP contribution in [-0.4, -0.2) is 41.3 Å². The molecule has 144 valence electrons. The van der Waals surface area contributed by atoms with Gasteiger partial charge in [-0.05, 0) is 31.2 Å². The van der Waals surface area contributed by atoms with Gasteiger partial charge in [-0.2, -0.15) is 0 Å². The van der Waals surface area contributed by atoms with Crippen molar-refractivity contribution < 1.29 is 4.74 Å². The summed E-state index contributed by atoms with van der Waals surface area (Å²) >= 11 is 0. The topological polar surface area (TPSA) is 75.2 Å². The minimum absolute atomic E-state index is 0.612. The zero-order chi connectivity index (χ0) is 19.2. The number of ether oxygens (including phenoxy) is 1. The maximum Gasteiger partial charge on any atom is 0.136 e. The second-order valence-corrected chi connectivity index (χ2v) is 6.60. The number of aromatic nitrogens is 3. The Bertz CT molecular complexity index is 912. The van der Waals surface area contributed by atoms with Gasteiger partial charge in [-0.25, -0.2) is 9.97 Å². The Labute approximate surface area is 164 Å². The van der Waals surface area contributed by atoms with Crippen molar-refractivity contribution in [2.75, 3.05) is 41.8 Å². The molecule has 1 aromatic carbocycles. The Balaban J connectivity index is 1.51. The lowest BCUT2D eigenvalue weighted by atomic mass is 10.2. The molecule has 28 heavy (non-hydrogen) atoms. The quantitative estimate of drug-likeness (QED) is 0.683. The first-order chi connectivity index (χ1) is 13.8. The summed E-state index contributed by atoms with van der Waals surface area (Å²) in [6.07, 6.45) is 1.79. The van der Waals surface area contributed by atoms with Crippen LogP contribution in [0.4, 0.5) is 23.0 Å². The van der Waals surface area contributed by atoms with Crippen LogP contribution in [0.5, 0.6) is 0 Å². The molecule has 4 rings (SSSR count). The van der Waals surface area contributed by atoms with Crippen molar-refractivity contribution in [2.45, 2.75) is 13.5 Å². The number of nitrogens with zero attached hydrogens (tertiary/aromatic N) is 4. The van der Waals surface area contributed by atoms with Crippen molar-refractivity contribution in [1.82, 2.24) is 15.0 Å². The maximum atomic E-state index is 5.48. The van der Waals surface area contributed by atoms with E-state index in [-0.39, 0.29) is 0 Å². The maximum absolute atomic E-state index is 5.48. The SMILES string of the molecule is Cc1nc(NCc2ccccn2)cc(Nc2ccccc2N2CCOCC2)n1. The predicted octanol–water partition coefficient (Wildman–Crippen LogP) is 3.37. The summed E-state index contributed by atoms with van der Waals surface area (Å²) in [6.45, 7) is 5.79. The molecule has 1 aliphatic rings. The third-order valence-corrected chi connectivity index (χ3v) is 4.53. The fourth-order valence-corrected chi connectivity index (χ4v) is 3.20.